The monoisotopic (exact) mass is 315 g/mol. The standard InChI is InChI=1S/C16H17N3O4/c1-4-11-9-16(23-3)14(10-15(11)22-2)18-17-12-5-7-13(8-6-12)19(20)21/h5-10H,4H2,1-3H3. The van der Waals surface area contributed by atoms with E-state index in [0.717, 1.165) is 12.0 Å². The Balaban J connectivity index is 2.32. The van der Waals surface area contributed by atoms with Gasteiger partial charge in [0, 0.05) is 18.2 Å². The SMILES string of the molecule is CCc1cc(OC)c(N=Nc2ccc([N+](=O)[O-])cc2)cc1OC. The summed E-state index contributed by atoms with van der Waals surface area (Å²) in [4.78, 5) is 10.2. The average molecular weight is 315 g/mol. The Morgan fingerprint density at radius 2 is 1.70 bits per heavy atom. The van der Waals surface area contributed by atoms with Gasteiger partial charge in [0.05, 0.1) is 24.8 Å². The second-order valence-corrected chi connectivity index (χ2v) is 4.66. The van der Waals surface area contributed by atoms with Crippen molar-refractivity contribution >= 4 is 17.1 Å². The number of aryl methyl sites for hydroxylation is 1. The third-order valence-electron chi connectivity index (χ3n) is 3.30. The first-order chi connectivity index (χ1) is 11.1. The Bertz CT molecular complexity index is 727. The molecule has 0 aromatic heterocycles. The van der Waals surface area contributed by atoms with Gasteiger partial charge in [-0.3, -0.25) is 10.1 Å². The van der Waals surface area contributed by atoms with Gasteiger partial charge in [0.2, 0.25) is 0 Å². The van der Waals surface area contributed by atoms with Gasteiger partial charge in [0.1, 0.15) is 17.2 Å². The highest BCUT2D eigenvalue weighted by molar-refractivity contribution is 5.59. The number of ether oxygens (including phenoxy) is 2. The number of rotatable bonds is 6. The third kappa shape index (κ3) is 3.82. The molecule has 0 amide bonds. The molecule has 7 nitrogen and oxygen atoms in total. The van der Waals surface area contributed by atoms with Gasteiger partial charge in [-0.05, 0) is 30.2 Å². The van der Waals surface area contributed by atoms with Crippen LogP contribution in [0.5, 0.6) is 11.5 Å². The zero-order valence-corrected chi connectivity index (χ0v) is 13.1. The molecular formula is C16H17N3O4. The van der Waals surface area contributed by atoms with Crippen LogP contribution in [0.3, 0.4) is 0 Å². The first-order valence-electron chi connectivity index (χ1n) is 7.00. The molecule has 120 valence electrons. The Morgan fingerprint density at radius 1 is 1.04 bits per heavy atom. The van der Waals surface area contributed by atoms with Crippen LogP contribution < -0.4 is 9.47 Å². The van der Waals surface area contributed by atoms with Crippen molar-refractivity contribution in [1.82, 2.24) is 0 Å². The maximum atomic E-state index is 10.6. The van der Waals surface area contributed by atoms with E-state index in [2.05, 4.69) is 10.2 Å². The number of non-ortho nitro benzene ring substituents is 1. The van der Waals surface area contributed by atoms with Crippen LogP contribution in [0, 0.1) is 10.1 Å². The average Bonchev–Trinajstić information content (AvgIpc) is 2.59. The lowest BCUT2D eigenvalue weighted by Crippen LogP contribution is -1.93. The van der Waals surface area contributed by atoms with Crippen molar-refractivity contribution in [2.75, 3.05) is 14.2 Å². The van der Waals surface area contributed by atoms with Gasteiger partial charge in [-0.2, -0.15) is 5.11 Å². The highest BCUT2D eigenvalue weighted by Crippen LogP contribution is 2.36. The van der Waals surface area contributed by atoms with Crippen LogP contribution in [-0.2, 0) is 6.42 Å². The molecule has 2 aromatic rings. The lowest BCUT2D eigenvalue weighted by molar-refractivity contribution is -0.384. The van der Waals surface area contributed by atoms with Gasteiger partial charge >= 0.3 is 0 Å². The van der Waals surface area contributed by atoms with Crippen LogP contribution in [0.25, 0.3) is 0 Å². The fourth-order valence-corrected chi connectivity index (χ4v) is 2.05. The number of nitro groups is 1. The molecule has 0 spiro atoms. The van der Waals surface area contributed by atoms with Crippen molar-refractivity contribution < 1.29 is 14.4 Å². The van der Waals surface area contributed by atoms with Crippen LogP contribution in [-0.4, -0.2) is 19.1 Å². The van der Waals surface area contributed by atoms with Crippen LogP contribution in [0.4, 0.5) is 17.1 Å². The summed E-state index contributed by atoms with van der Waals surface area (Å²) in [6, 6.07) is 9.45. The minimum atomic E-state index is -0.460. The molecule has 0 aliphatic rings. The van der Waals surface area contributed by atoms with Gasteiger partial charge in [0.15, 0.2) is 0 Å². The van der Waals surface area contributed by atoms with Gasteiger partial charge in [-0.25, -0.2) is 0 Å². The highest BCUT2D eigenvalue weighted by atomic mass is 16.6. The Labute approximate surface area is 133 Å². The van der Waals surface area contributed by atoms with Crippen molar-refractivity contribution in [2.24, 2.45) is 10.2 Å². The Hall–Kier alpha value is -2.96. The smallest absolute Gasteiger partial charge is 0.269 e. The fourth-order valence-electron chi connectivity index (χ4n) is 2.05. The number of nitro benzene ring substituents is 1. The zero-order chi connectivity index (χ0) is 16.8. The first-order valence-corrected chi connectivity index (χ1v) is 7.00. The van der Waals surface area contributed by atoms with E-state index in [1.807, 2.05) is 13.0 Å². The van der Waals surface area contributed by atoms with E-state index in [-0.39, 0.29) is 5.69 Å². The van der Waals surface area contributed by atoms with E-state index in [1.54, 1.807) is 20.3 Å². The Kier molecular flexibility index (Phi) is 5.24. The molecule has 0 aliphatic carbocycles. The second-order valence-electron chi connectivity index (χ2n) is 4.66. The lowest BCUT2D eigenvalue weighted by atomic mass is 10.1. The van der Waals surface area contributed by atoms with Crippen LogP contribution in [0.15, 0.2) is 46.6 Å². The molecule has 0 fully saturated rings. The van der Waals surface area contributed by atoms with Gasteiger partial charge in [-0.15, -0.1) is 5.11 Å². The van der Waals surface area contributed by atoms with E-state index in [0.29, 0.717) is 22.9 Å². The molecule has 0 N–H and O–H groups in total. The van der Waals surface area contributed by atoms with E-state index < -0.39 is 4.92 Å². The minimum Gasteiger partial charge on any atom is -0.496 e. The van der Waals surface area contributed by atoms with Gasteiger partial charge < -0.3 is 9.47 Å². The van der Waals surface area contributed by atoms with Crippen molar-refractivity contribution in [3.05, 3.63) is 52.1 Å². The predicted molar refractivity (Wildman–Crippen MR) is 86.2 cm³/mol. The van der Waals surface area contributed by atoms with E-state index in [4.69, 9.17) is 9.47 Å². The van der Waals surface area contributed by atoms with Gasteiger partial charge in [0.25, 0.3) is 5.69 Å². The van der Waals surface area contributed by atoms with Crippen LogP contribution in [0.2, 0.25) is 0 Å². The molecule has 0 saturated heterocycles. The molecule has 0 saturated carbocycles. The molecule has 0 atom stereocenters. The summed E-state index contributed by atoms with van der Waals surface area (Å²) in [7, 11) is 3.16. The molecule has 2 aromatic carbocycles. The van der Waals surface area contributed by atoms with Crippen LogP contribution in [0.1, 0.15) is 12.5 Å². The summed E-state index contributed by atoms with van der Waals surface area (Å²) in [5.41, 5.74) is 2.06. The summed E-state index contributed by atoms with van der Waals surface area (Å²) >= 11 is 0. The number of nitrogens with zero attached hydrogens (tertiary/aromatic N) is 3. The molecule has 0 radical (unpaired) electrons. The second kappa shape index (κ2) is 7.35. The zero-order valence-electron chi connectivity index (χ0n) is 13.1. The highest BCUT2D eigenvalue weighted by Gasteiger charge is 2.10. The minimum absolute atomic E-state index is 0.00972. The van der Waals surface area contributed by atoms with Crippen molar-refractivity contribution in [3.8, 4) is 11.5 Å². The molecule has 0 bridgehead atoms. The number of benzene rings is 2. The predicted octanol–water partition coefficient (Wildman–Crippen LogP) is 4.59. The normalized spacial score (nSPS) is 10.7. The lowest BCUT2D eigenvalue weighted by Gasteiger charge is -2.11. The molecule has 0 heterocycles. The van der Waals surface area contributed by atoms with E-state index in [1.165, 1.54) is 24.3 Å². The third-order valence-corrected chi connectivity index (χ3v) is 3.30. The molecule has 2 rings (SSSR count). The van der Waals surface area contributed by atoms with Crippen molar-refractivity contribution in [3.63, 3.8) is 0 Å². The topological polar surface area (TPSA) is 86.3 Å². The summed E-state index contributed by atoms with van der Waals surface area (Å²) < 4.78 is 10.7. The van der Waals surface area contributed by atoms with E-state index in [9.17, 15) is 10.1 Å². The summed E-state index contributed by atoms with van der Waals surface area (Å²) in [5, 5.41) is 18.9. The number of hydrogen-bond acceptors (Lipinski definition) is 6. The number of azo groups is 1. The number of methoxy groups -OCH3 is 2. The van der Waals surface area contributed by atoms with E-state index >= 15 is 0 Å². The largest absolute Gasteiger partial charge is 0.496 e. The molecular weight excluding hydrogens is 298 g/mol. The summed E-state index contributed by atoms with van der Waals surface area (Å²) in [5.74, 6) is 1.30. The quantitative estimate of drug-likeness (QED) is 0.443. The van der Waals surface area contributed by atoms with Gasteiger partial charge in [-0.1, -0.05) is 6.92 Å². The van der Waals surface area contributed by atoms with Crippen molar-refractivity contribution in [2.45, 2.75) is 13.3 Å². The molecule has 7 heteroatoms. The first kappa shape index (κ1) is 16.4. The maximum Gasteiger partial charge on any atom is 0.269 e. The van der Waals surface area contributed by atoms with Crippen molar-refractivity contribution in [1.29, 1.82) is 0 Å². The molecule has 23 heavy (non-hydrogen) atoms. The number of hydrogen-bond donors (Lipinski definition) is 0. The Morgan fingerprint density at radius 3 is 2.22 bits per heavy atom. The maximum absolute atomic E-state index is 10.6. The molecule has 0 aliphatic heterocycles. The fraction of sp³-hybridized carbons (Fsp3) is 0.250. The summed E-state index contributed by atoms with van der Waals surface area (Å²) in [6.07, 6.45) is 0.805. The molecule has 0 unspecified atom stereocenters. The summed E-state index contributed by atoms with van der Waals surface area (Å²) in [6.45, 7) is 2.02. The van der Waals surface area contributed by atoms with Crippen LogP contribution >= 0.6 is 0 Å².